The van der Waals surface area contributed by atoms with Gasteiger partial charge in [-0.05, 0) is 24.6 Å². The van der Waals surface area contributed by atoms with Crippen LogP contribution in [-0.4, -0.2) is 27.3 Å². The molecule has 1 aromatic rings. The van der Waals surface area contributed by atoms with E-state index in [1.807, 2.05) is 12.1 Å². The number of allylic oxidation sites excluding steroid dienone is 2. The highest BCUT2D eigenvalue weighted by molar-refractivity contribution is 5.92. The summed E-state index contributed by atoms with van der Waals surface area (Å²) in [6.45, 7) is 1.93. The van der Waals surface area contributed by atoms with Crippen molar-refractivity contribution in [1.29, 1.82) is 5.26 Å². The fraction of sp³-hybridized carbons (Fsp3) is 0.333. The number of rotatable bonds is 5. The molecule has 0 saturated carbocycles. The van der Waals surface area contributed by atoms with Gasteiger partial charge in [-0.25, -0.2) is 4.79 Å². The third-order valence-corrected chi connectivity index (χ3v) is 3.95. The minimum absolute atomic E-state index is 0.0261. The molecule has 1 heterocycles. The molecule has 0 unspecified atom stereocenters. The summed E-state index contributed by atoms with van der Waals surface area (Å²) in [6.07, 6.45) is 0. The van der Waals surface area contributed by atoms with Crippen LogP contribution in [0.15, 0.2) is 41.0 Å². The highest BCUT2D eigenvalue weighted by Crippen LogP contribution is 2.40. The molecule has 0 bridgehead atoms. The molecule has 1 aromatic carbocycles. The summed E-state index contributed by atoms with van der Waals surface area (Å²) in [7, 11) is 4.41. The van der Waals surface area contributed by atoms with Crippen LogP contribution in [0.4, 0.5) is 0 Å². The Morgan fingerprint density at radius 3 is 2.64 bits per heavy atom. The molecular formula is C18H20N2O5. The van der Waals surface area contributed by atoms with Crippen LogP contribution in [0.25, 0.3) is 0 Å². The van der Waals surface area contributed by atoms with Crippen LogP contribution in [-0.2, 0) is 25.6 Å². The summed E-state index contributed by atoms with van der Waals surface area (Å²) in [5, 5.41) is 9.53. The zero-order valence-corrected chi connectivity index (χ0v) is 14.6. The van der Waals surface area contributed by atoms with Gasteiger partial charge in [-0.1, -0.05) is 6.07 Å². The second-order valence-corrected chi connectivity index (χ2v) is 5.39. The Hall–Kier alpha value is -2.98. The lowest BCUT2D eigenvalue weighted by molar-refractivity contribution is -0.136. The summed E-state index contributed by atoms with van der Waals surface area (Å²) < 4.78 is 20.7. The van der Waals surface area contributed by atoms with E-state index in [0.717, 1.165) is 5.56 Å². The molecule has 25 heavy (non-hydrogen) atoms. The number of esters is 1. The van der Waals surface area contributed by atoms with Gasteiger partial charge in [0.1, 0.15) is 23.2 Å². The normalized spacial score (nSPS) is 17.0. The van der Waals surface area contributed by atoms with Gasteiger partial charge in [-0.3, -0.25) is 0 Å². The Kier molecular flexibility index (Phi) is 5.67. The topological polar surface area (TPSA) is 104 Å². The van der Waals surface area contributed by atoms with E-state index in [4.69, 9.17) is 24.7 Å². The number of carbonyl (C=O) groups is 1. The molecule has 132 valence electrons. The molecule has 1 aliphatic rings. The van der Waals surface area contributed by atoms with E-state index in [1.165, 1.54) is 7.11 Å². The van der Waals surface area contributed by atoms with Crippen LogP contribution in [0.2, 0.25) is 0 Å². The standard InChI is InChI=1S/C18H20N2O5/c1-10-15(18(21)24-4)16(13(8-19)17(20)25-10)11-5-6-14(23-3)12(7-11)9-22-2/h5-7,16H,9,20H2,1-4H3/t16-/m1/s1. The zero-order chi connectivity index (χ0) is 18.6. The van der Waals surface area contributed by atoms with Gasteiger partial charge in [0.05, 0.1) is 32.3 Å². The van der Waals surface area contributed by atoms with Gasteiger partial charge >= 0.3 is 5.97 Å². The van der Waals surface area contributed by atoms with Gasteiger partial charge in [-0.2, -0.15) is 5.26 Å². The minimum atomic E-state index is -0.687. The van der Waals surface area contributed by atoms with E-state index in [1.54, 1.807) is 33.3 Å². The first kappa shape index (κ1) is 18.4. The predicted octanol–water partition coefficient (Wildman–Crippen LogP) is 2.10. The Morgan fingerprint density at radius 2 is 2.08 bits per heavy atom. The fourth-order valence-corrected chi connectivity index (χ4v) is 2.84. The smallest absolute Gasteiger partial charge is 0.338 e. The molecule has 0 spiro atoms. The Bertz CT molecular complexity index is 789. The summed E-state index contributed by atoms with van der Waals surface area (Å²) >= 11 is 0. The third kappa shape index (κ3) is 3.44. The number of nitriles is 1. The predicted molar refractivity (Wildman–Crippen MR) is 89.1 cm³/mol. The molecular weight excluding hydrogens is 324 g/mol. The Balaban J connectivity index is 2.66. The molecule has 0 radical (unpaired) electrons. The van der Waals surface area contributed by atoms with E-state index in [2.05, 4.69) is 0 Å². The van der Waals surface area contributed by atoms with Crippen molar-refractivity contribution in [3.8, 4) is 11.8 Å². The lowest BCUT2D eigenvalue weighted by Gasteiger charge is -2.27. The van der Waals surface area contributed by atoms with Crippen molar-refractivity contribution >= 4 is 5.97 Å². The van der Waals surface area contributed by atoms with Crippen molar-refractivity contribution in [3.63, 3.8) is 0 Å². The van der Waals surface area contributed by atoms with E-state index in [0.29, 0.717) is 23.7 Å². The number of nitrogens with zero attached hydrogens (tertiary/aromatic N) is 1. The van der Waals surface area contributed by atoms with Crippen LogP contribution < -0.4 is 10.5 Å². The highest BCUT2D eigenvalue weighted by atomic mass is 16.5. The molecule has 0 amide bonds. The summed E-state index contributed by atoms with van der Waals surface area (Å²) in [6, 6.07) is 7.39. The monoisotopic (exact) mass is 344 g/mol. The lowest BCUT2D eigenvalue weighted by atomic mass is 9.82. The number of nitrogens with two attached hydrogens (primary N) is 1. The lowest BCUT2D eigenvalue weighted by Crippen LogP contribution is -2.25. The van der Waals surface area contributed by atoms with Crippen molar-refractivity contribution in [2.24, 2.45) is 5.73 Å². The largest absolute Gasteiger partial charge is 0.496 e. The van der Waals surface area contributed by atoms with Crippen LogP contribution >= 0.6 is 0 Å². The van der Waals surface area contributed by atoms with Crippen LogP contribution in [0.3, 0.4) is 0 Å². The second-order valence-electron chi connectivity index (χ2n) is 5.39. The van der Waals surface area contributed by atoms with Crippen molar-refractivity contribution < 1.29 is 23.7 Å². The van der Waals surface area contributed by atoms with Gasteiger partial charge in [0.15, 0.2) is 0 Å². The molecule has 7 heteroatoms. The van der Waals surface area contributed by atoms with Gasteiger partial charge in [0.2, 0.25) is 5.88 Å². The molecule has 7 nitrogen and oxygen atoms in total. The van der Waals surface area contributed by atoms with Gasteiger partial charge in [-0.15, -0.1) is 0 Å². The second kappa shape index (κ2) is 7.73. The Morgan fingerprint density at radius 1 is 1.36 bits per heavy atom. The summed E-state index contributed by atoms with van der Waals surface area (Å²) in [4.78, 5) is 12.3. The van der Waals surface area contributed by atoms with Crippen LogP contribution in [0.1, 0.15) is 24.0 Å². The third-order valence-electron chi connectivity index (χ3n) is 3.95. The van der Waals surface area contributed by atoms with Gasteiger partial charge < -0.3 is 24.7 Å². The average Bonchev–Trinajstić information content (AvgIpc) is 2.60. The van der Waals surface area contributed by atoms with Crippen LogP contribution in [0, 0.1) is 11.3 Å². The van der Waals surface area contributed by atoms with E-state index in [-0.39, 0.29) is 17.0 Å². The highest BCUT2D eigenvalue weighted by Gasteiger charge is 2.36. The molecule has 1 aliphatic heterocycles. The fourth-order valence-electron chi connectivity index (χ4n) is 2.84. The van der Waals surface area contributed by atoms with E-state index in [9.17, 15) is 10.1 Å². The molecule has 2 N–H and O–H groups in total. The molecule has 0 fully saturated rings. The van der Waals surface area contributed by atoms with Gasteiger partial charge in [0.25, 0.3) is 0 Å². The number of carbonyl (C=O) groups excluding carboxylic acids is 1. The van der Waals surface area contributed by atoms with E-state index < -0.39 is 11.9 Å². The van der Waals surface area contributed by atoms with Gasteiger partial charge in [0, 0.05) is 12.7 Å². The zero-order valence-electron chi connectivity index (χ0n) is 14.6. The van der Waals surface area contributed by atoms with Crippen molar-refractivity contribution in [1.82, 2.24) is 0 Å². The summed E-state index contributed by atoms with van der Waals surface area (Å²) in [5.41, 5.74) is 7.73. The molecule has 0 aliphatic carbocycles. The van der Waals surface area contributed by atoms with E-state index >= 15 is 0 Å². The first-order chi connectivity index (χ1) is 12.0. The maximum atomic E-state index is 12.3. The number of benzene rings is 1. The average molecular weight is 344 g/mol. The van der Waals surface area contributed by atoms with Crippen molar-refractivity contribution in [2.75, 3.05) is 21.3 Å². The van der Waals surface area contributed by atoms with Crippen molar-refractivity contribution in [3.05, 3.63) is 52.1 Å². The minimum Gasteiger partial charge on any atom is -0.496 e. The number of methoxy groups -OCH3 is 3. The molecule has 1 atom stereocenters. The first-order valence-electron chi connectivity index (χ1n) is 7.50. The molecule has 0 aromatic heterocycles. The first-order valence-corrected chi connectivity index (χ1v) is 7.50. The quantitative estimate of drug-likeness (QED) is 0.816. The SMILES string of the molecule is COCc1cc([C@@H]2C(C#N)=C(N)OC(C)=C2C(=O)OC)ccc1OC. The van der Waals surface area contributed by atoms with Crippen molar-refractivity contribution in [2.45, 2.75) is 19.4 Å². The maximum Gasteiger partial charge on any atom is 0.338 e. The molecule has 2 rings (SSSR count). The number of hydrogen-bond acceptors (Lipinski definition) is 7. The summed E-state index contributed by atoms with van der Waals surface area (Å²) in [5.74, 6) is -0.341. The maximum absolute atomic E-state index is 12.3. The number of ether oxygens (including phenoxy) is 4. The molecule has 0 saturated heterocycles. The Labute approximate surface area is 146 Å². The number of hydrogen-bond donors (Lipinski definition) is 1. The van der Waals surface area contributed by atoms with Crippen LogP contribution in [0.5, 0.6) is 5.75 Å².